The molecule has 0 aliphatic heterocycles. The Morgan fingerprint density at radius 3 is 1.04 bits per heavy atom. The molecule has 4 atom stereocenters. The summed E-state index contributed by atoms with van der Waals surface area (Å²) >= 11 is 13.9. The first-order valence-corrected chi connectivity index (χ1v) is 36.4. The second kappa shape index (κ2) is 35.8. The zero-order valence-corrected chi connectivity index (χ0v) is 64.8. The molecule has 0 saturated carbocycles. The van der Waals surface area contributed by atoms with E-state index in [1.165, 1.54) is 12.4 Å². The third kappa shape index (κ3) is 22.0. The van der Waals surface area contributed by atoms with Crippen molar-refractivity contribution in [1.29, 1.82) is 0 Å². The number of aromatic amines is 4. The van der Waals surface area contributed by atoms with Gasteiger partial charge in [-0.2, -0.15) is 0 Å². The fourth-order valence-electron chi connectivity index (χ4n) is 11.2. The Morgan fingerprint density at radius 2 is 0.718 bits per heavy atom. The van der Waals surface area contributed by atoms with Crippen molar-refractivity contribution in [3.63, 3.8) is 0 Å². The minimum atomic E-state index is -0.669. The number of hydrogen-bond donors (Lipinski definition) is 6. The molecule has 4 unspecified atom stereocenters. The fraction of sp³-hybridized carbons (Fsp3) is 0.225. The molecule has 0 radical (unpaired) electrons. The van der Waals surface area contributed by atoms with Crippen molar-refractivity contribution < 1.29 is 42.8 Å². The molecule has 8 aromatic carbocycles. The summed E-state index contributed by atoms with van der Waals surface area (Å²) in [4.78, 5) is 37.2. The van der Waals surface area contributed by atoms with Gasteiger partial charge in [-0.25, -0.2) is 28.5 Å². The molecular weight excluding hydrogens is 1560 g/mol. The van der Waals surface area contributed by atoms with Gasteiger partial charge < -0.3 is 65.6 Å². The molecule has 534 valence electrons. The molecule has 4 heterocycles. The molecule has 0 bridgehead atoms. The minimum absolute atomic E-state index is 0.0739. The first-order chi connectivity index (χ1) is 49.2. The predicted molar refractivity (Wildman–Crippen MR) is 427 cm³/mol. The number of halogens is 4. The zero-order valence-electron chi connectivity index (χ0n) is 58.4. The van der Waals surface area contributed by atoms with Crippen LogP contribution < -0.4 is 15.4 Å². The summed E-state index contributed by atoms with van der Waals surface area (Å²) in [5.41, 5.74) is 9.56. The number of H-pyrrole nitrogens is 4. The Labute approximate surface area is 632 Å². The predicted octanol–water partition coefficient (Wildman–Crippen LogP) is 19.9. The highest BCUT2D eigenvalue weighted by Gasteiger charge is 2.29. The maximum Gasteiger partial charge on any atom is 0.407 e. The fourth-order valence-corrected chi connectivity index (χ4v) is 12.7. The second-order valence-electron chi connectivity index (χ2n) is 26.1. The molecule has 103 heavy (non-hydrogen) atoms. The summed E-state index contributed by atoms with van der Waals surface area (Å²) in [5, 5.41) is 60.7. The highest BCUT2D eigenvalue weighted by atomic mass is 79.9. The normalized spacial score (nSPS) is 13.3. The van der Waals surface area contributed by atoms with Crippen LogP contribution >= 0.6 is 63.7 Å². The van der Waals surface area contributed by atoms with Crippen LogP contribution in [0.3, 0.4) is 0 Å². The first kappa shape index (κ1) is 77.2. The number of aromatic nitrogens is 4. The third-order valence-corrected chi connectivity index (χ3v) is 18.2. The zero-order chi connectivity index (χ0) is 74.0. The van der Waals surface area contributed by atoms with Crippen LogP contribution in [0.4, 0.5) is 9.59 Å². The smallest absolute Gasteiger partial charge is 0.407 e. The van der Waals surface area contributed by atoms with Crippen molar-refractivity contribution in [2.24, 2.45) is 0 Å². The highest BCUT2D eigenvalue weighted by molar-refractivity contribution is 9.11. The van der Waals surface area contributed by atoms with Gasteiger partial charge in [-0.05, 0) is 175 Å². The number of hydrogen-bond acceptors (Lipinski definition) is 9. The first-order valence-electron chi connectivity index (χ1n) is 33.2. The molecule has 2 amide bonds. The van der Waals surface area contributed by atoms with Gasteiger partial charge in [0.2, 0.25) is 12.1 Å². The Hall–Kier alpha value is -9.94. The summed E-state index contributed by atoms with van der Waals surface area (Å²) in [6, 6.07) is 57.8. The van der Waals surface area contributed by atoms with E-state index in [9.17, 15) is 30.4 Å². The molecule has 0 saturated heterocycles. The highest BCUT2D eigenvalue weighted by Crippen LogP contribution is 2.34. The van der Waals surface area contributed by atoms with E-state index in [0.29, 0.717) is 5.75 Å². The van der Waals surface area contributed by atoms with Crippen LogP contribution in [0.15, 0.2) is 231 Å². The van der Waals surface area contributed by atoms with E-state index in [1.807, 2.05) is 190 Å². The van der Waals surface area contributed by atoms with Gasteiger partial charge in [-0.1, -0.05) is 125 Å². The molecule has 12 rings (SSSR count). The average molecular weight is 1650 g/mol. The summed E-state index contributed by atoms with van der Waals surface area (Å²) in [5.74, 6) is 0.708. The van der Waals surface area contributed by atoms with Gasteiger partial charge in [-0.15, -0.1) is 0 Å². The lowest BCUT2D eigenvalue weighted by Gasteiger charge is -2.22. The van der Waals surface area contributed by atoms with Crippen LogP contribution in [-0.2, 0) is 9.47 Å². The van der Waals surface area contributed by atoms with Gasteiger partial charge >= 0.3 is 12.2 Å². The van der Waals surface area contributed by atoms with Crippen LogP contribution in [0.25, 0.3) is 43.6 Å². The molecule has 4 aromatic heterocycles. The lowest BCUT2D eigenvalue weighted by atomic mass is 10.0. The molecule has 0 aliphatic rings. The number of nitrogens with zero attached hydrogens (tertiary/aromatic N) is 4. The second-order valence-corrected chi connectivity index (χ2v) is 29.8. The van der Waals surface area contributed by atoms with Crippen molar-refractivity contribution in [3.05, 3.63) is 296 Å². The summed E-state index contributed by atoms with van der Waals surface area (Å²) in [6.07, 6.45) is 13.4. The number of nitrogens with one attached hydrogen (secondary N) is 6. The summed E-state index contributed by atoms with van der Waals surface area (Å²) in [7, 11) is 1.59. The van der Waals surface area contributed by atoms with E-state index in [4.69, 9.17) is 14.2 Å². The van der Waals surface area contributed by atoms with Crippen molar-refractivity contribution in [2.45, 2.75) is 97.2 Å². The van der Waals surface area contributed by atoms with Crippen LogP contribution in [0.2, 0.25) is 0 Å². The Kier molecular flexibility index (Phi) is 26.8. The number of hydroxylamine groups is 4. The van der Waals surface area contributed by atoms with Crippen LogP contribution in [0.1, 0.15) is 130 Å². The van der Waals surface area contributed by atoms with Crippen molar-refractivity contribution in [2.75, 3.05) is 20.2 Å². The summed E-state index contributed by atoms with van der Waals surface area (Å²) < 4.78 is 23.4. The minimum Gasteiger partial charge on any atom is -0.623 e. The number of fused-ring (bicyclic) bond motifs is 4. The van der Waals surface area contributed by atoms with Crippen molar-refractivity contribution in [1.82, 2.24) is 30.6 Å². The van der Waals surface area contributed by atoms with Crippen molar-refractivity contribution >= 4 is 144 Å². The number of amides is 2. The molecule has 12 aromatic rings. The average Bonchev–Trinajstić information content (AvgIpc) is 1.68. The largest absolute Gasteiger partial charge is 0.623 e. The number of benzene rings is 8. The molecule has 19 nitrogen and oxygen atoms in total. The Balaban J connectivity index is 0.000000161. The van der Waals surface area contributed by atoms with Crippen LogP contribution in [-0.4, -0.2) is 107 Å². The number of ether oxygens (including phenoxy) is 3. The van der Waals surface area contributed by atoms with Gasteiger partial charge in [0.1, 0.15) is 17.0 Å². The SMILES string of the molecule is CC(C)(C)OC(=O)NCC(c1c[nH]c2ccc(Br)cc12)/[N+]([O-])=C\c1ccccc1.CC(c1c[nH]c2ccc(Br)cc12)/[N+]([O-])=C\c1ccccc1.CCC(c1c[nH]c2ccc(Br)cc12)/[N+]([O-])=C\c1ccccc1.COc1ccc(/C=[N+](\[O-])C(CNC(=O)OC(C)(C)C)c2c[nH]c3ccc(Br)cc23)cc1. The topological polar surface area (TPSA) is 253 Å². The number of alkyl carbamates (subject to hydrolysis) is 2. The quantitative estimate of drug-likeness (QED) is 0.0206. The van der Waals surface area contributed by atoms with E-state index in [2.05, 4.69) is 100 Å². The Morgan fingerprint density at radius 1 is 0.427 bits per heavy atom. The monoisotopic (exact) mass is 1640 g/mol. The lowest BCUT2D eigenvalue weighted by Crippen LogP contribution is -2.36. The number of carbonyl (C=O) groups is 2. The molecule has 23 heteroatoms. The van der Waals surface area contributed by atoms with Gasteiger partial charge in [0.25, 0.3) is 0 Å². The molecule has 6 N–H and O–H groups in total. The molecular formula is C80H82Br4N10O9. The molecule has 0 aliphatic carbocycles. The number of methoxy groups -OCH3 is 1. The van der Waals surface area contributed by atoms with E-state index in [-0.39, 0.29) is 25.2 Å². The standard InChI is InChI=1S/C23H26BrN3O4.C22H24BrN3O3.C18H17BrN2O.C17H15BrN2O/c1-23(2,3)31-22(28)26-13-21(19-12-25-20-10-7-16(24)11-18(19)20)27(29)14-15-5-8-17(30-4)9-6-15;1-22(2,3)29-21(27)25-13-20(26(28)14-15-7-5-4-6-8-15)18-12-24-19-10-9-16(23)11-17(18)19;1-2-18(21(22)12-13-6-4-3-5-7-13)16-11-20-17-9-8-14(19)10-15(16)17;1-12(20(21)11-13-5-3-2-4-6-13)16-10-19-17-8-7-14(18)9-15(16)17/h5-12,14,21,25H,13H2,1-4H3,(H,26,28);4-12,14,20,24H,13H2,1-3H3,(H,25,27);3-12,18,20H,2H2,1H3;2-12,19H,1H3/b27-14-;26-14+;21-12+;20-11+. The van der Waals surface area contributed by atoms with Gasteiger partial charge in [0, 0.05) is 144 Å². The van der Waals surface area contributed by atoms with Gasteiger partial charge in [-0.3, -0.25) is 0 Å². The van der Waals surface area contributed by atoms with E-state index < -0.39 is 35.5 Å². The summed E-state index contributed by atoms with van der Waals surface area (Å²) in [6.45, 7) is 14.9. The third-order valence-electron chi connectivity index (χ3n) is 16.2. The maximum atomic E-state index is 13.2. The number of carbonyl (C=O) groups excluding carboxylic acids is 2. The van der Waals surface area contributed by atoms with Crippen LogP contribution in [0, 0.1) is 20.8 Å². The van der Waals surface area contributed by atoms with E-state index in [1.54, 1.807) is 91.5 Å². The van der Waals surface area contributed by atoms with Crippen LogP contribution in [0.5, 0.6) is 5.75 Å². The van der Waals surface area contributed by atoms with E-state index >= 15 is 0 Å². The molecule has 0 spiro atoms. The molecule has 0 fully saturated rings. The van der Waals surface area contributed by atoms with Gasteiger partial charge in [0.05, 0.1) is 20.2 Å². The van der Waals surface area contributed by atoms with Crippen molar-refractivity contribution in [3.8, 4) is 5.75 Å². The Bertz CT molecular complexity index is 4940. The lowest BCUT2D eigenvalue weighted by molar-refractivity contribution is -0.503. The number of rotatable bonds is 18. The van der Waals surface area contributed by atoms with Gasteiger partial charge in [0.15, 0.2) is 36.9 Å². The van der Waals surface area contributed by atoms with E-state index in [0.717, 1.165) is 131 Å². The maximum absolute atomic E-state index is 13.2.